The molecule has 310 valence electrons. The Labute approximate surface area is 365 Å². The first-order valence-electron chi connectivity index (χ1n) is 20.2. The van der Waals surface area contributed by atoms with E-state index in [4.69, 9.17) is 15.0 Å². The van der Waals surface area contributed by atoms with E-state index in [1.54, 1.807) is 29.5 Å². The molecule has 0 atom stereocenters. The van der Waals surface area contributed by atoms with Gasteiger partial charge in [-0.25, -0.2) is 15.0 Å². The number of fused-ring (bicyclic) bond motifs is 6. The first kappa shape index (κ1) is 39.2. The largest absolute Gasteiger partial charge is 0.416 e. The first-order chi connectivity index (χ1) is 31.0. The Kier molecular flexibility index (Phi) is 9.21. The van der Waals surface area contributed by atoms with Crippen molar-refractivity contribution < 1.29 is 26.3 Å². The van der Waals surface area contributed by atoms with Crippen molar-refractivity contribution in [3.63, 3.8) is 0 Å². The molecule has 0 aliphatic rings. The number of nitrogens with zero attached hydrogens (tertiary/aromatic N) is 4. The average Bonchev–Trinajstić information content (AvgIpc) is 3.87. The first-order valence-corrected chi connectivity index (χ1v) is 21.0. The van der Waals surface area contributed by atoms with E-state index in [2.05, 4.69) is 47.0 Å². The highest BCUT2D eigenvalue weighted by atomic mass is 32.1. The minimum atomic E-state index is -4.99. The van der Waals surface area contributed by atoms with E-state index in [1.165, 1.54) is 4.70 Å². The summed E-state index contributed by atoms with van der Waals surface area (Å²) in [7, 11) is 0. The van der Waals surface area contributed by atoms with E-state index in [-0.39, 0.29) is 17.2 Å². The number of hydrogen-bond acceptors (Lipinski definition) is 4. The number of aromatic nitrogens is 4. The molecular formula is C53H30F6N4S. The van der Waals surface area contributed by atoms with Crippen molar-refractivity contribution >= 4 is 53.3 Å². The van der Waals surface area contributed by atoms with Gasteiger partial charge in [0.2, 0.25) is 0 Å². The molecule has 3 heterocycles. The van der Waals surface area contributed by atoms with Crippen LogP contribution >= 0.6 is 11.3 Å². The number of thiophene rings is 1. The van der Waals surface area contributed by atoms with Crippen LogP contribution in [0, 0.1) is 0 Å². The fourth-order valence-corrected chi connectivity index (χ4v) is 9.69. The quantitative estimate of drug-likeness (QED) is 0.156. The van der Waals surface area contributed by atoms with Crippen molar-refractivity contribution in [3.8, 4) is 62.1 Å². The Morgan fingerprint density at radius 3 is 1.61 bits per heavy atom. The maximum absolute atomic E-state index is 14.0. The summed E-state index contributed by atoms with van der Waals surface area (Å²) in [6.45, 7) is 0. The van der Waals surface area contributed by atoms with Crippen LogP contribution in [0.3, 0.4) is 0 Å². The molecule has 0 saturated carbocycles. The maximum atomic E-state index is 14.0. The lowest BCUT2D eigenvalue weighted by Crippen LogP contribution is -2.11. The zero-order valence-corrected chi connectivity index (χ0v) is 34.1. The fraction of sp³-hybridized carbons (Fsp3) is 0.0377. The predicted octanol–water partition coefficient (Wildman–Crippen LogP) is 15.7. The number of rotatable bonds is 6. The van der Waals surface area contributed by atoms with Gasteiger partial charge < -0.3 is 4.57 Å². The van der Waals surface area contributed by atoms with Gasteiger partial charge >= 0.3 is 12.4 Å². The van der Waals surface area contributed by atoms with Gasteiger partial charge in [-0.1, -0.05) is 121 Å². The van der Waals surface area contributed by atoms with Gasteiger partial charge in [0.25, 0.3) is 0 Å². The van der Waals surface area contributed by atoms with E-state index in [9.17, 15) is 26.3 Å². The van der Waals surface area contributed by atoms with Crippen molar-refractivity contribution in [2.45, 2.75) is 12.4 Å². The molecule has 4 nitrogen and oxygen atoms in total. The van der Waals surface area contributed by atoms with Crippen molar-refractivity contribution in [1.29, 1.82) is 0 Å². The summed E-state index contributed by atoms with van der Waals surface area (Å²) in [5.74, 6) is 1.34. The number of hydrogen-bond donors (Lipinski definition) is 0. The molecule has 0 N–H and O–H groups in total. The molecule has 0 saturated heterocycles. The second-order valence-electron chi connectivity index (χ2n) is 15.4. The number of benzene rings is 8. The monoisotopic (exact) mass is 868 g/mol. The van der Waals surface area contributed by atoms with E-state index in [1.807, 2.05) is 103 Å². The van der Waals surface area contributed by atoms with Crippen LogP contribution < -0.4 is 0 Å². The molecule has 0 spiro atoms. The summed E-state index contributed by atoms with van der Waals surface area (Å²) in [5, 5.41) is 3.65. The van der Waals surface area contributed by atoms with Crippen molar-refractivity contribution in [2.75, 3.05) is 0 Å². The lowest BCUT2D eigenvalue weighted by atomic mass is 9.96. The summed E-state index contributed by atoms with van der Waals surface area (Å²) >= 11 is 1.73. The molecule has 0 unspecified atom stereocenters. The van der Waals surface area contributed by atoms with E-state index < -0.39 is 23.5 Å². The van der Waals surface area contributed by atoms with Gasteiger partial charge in [-0.3, -0.25) is 0 Å². The van der Waals surface area contributed by atoms with Crippen LogP contribution in [0.2, 0.25) is 0 Å². The Hall–Kier alpha value is -7.63. The highest BCUT2D eigenvalue weighted by Gasteiger charge is 2.37. The summed E-state index contributed by atoms with van der Waals surface area (Å²) < 4.78 is 88.4. The minimum Gasteiger partial charge on any atom is -0.309 e. The van der Waals surface area contributed by atoms with Crippen molar-refractivity contribution in [2.24, 2.45) is 0 Å². The molecular weight excluding hydrogens is 839 g/mol. The van der Waals surface area contributed by atoms with Crippen molar-refractivity contribution in [1.82, 2.24) is 19.5 Å². The van der Waals surface area contributed by atoms with Gasteiger partial charge in [-0.05, 0) is 82.9 Å². The molecule has 3 aromatic heterocycles. The normalized spacial score (nSPS) is 12.2. The lowest BCUT2D eigenvalue weighted by molar-refractivity contribution is -0.143. The van der Waals surface area contributed by atoms with Gasteiger partial charge in [0.05, 0.1) is 27.8 Å². The smallest absolute Gasteiger partial charge is 0.309 e. The maximum Gasteiger partial charge on any atom is 0.416 e. The molecule has 0 aliphatic carbocycles. The van der Waals surface area contributed by atoms with E-state index in [0.717, 1.165) is 60.8 Å². The van der Waals surface area contributed by atoms with Crippen molar-refractivity contribution in [3.05, 3.63) is 193 Å². The third kappa shape index (κ3) is 6.85. The fourth-order valence-electron chi connectivity index (χ4n) is 8.56. The van der Waals surface area contributed by atoms with Crippen LogP contribution in [0.4, 0.5) is 26.3 Å². The zero-order chi connectivity index (χ0) is 43.7. The Morgan fingerprint density at radius 2 is 0.938 bits per heavy atom. The van der Waals surface area contributed by atoms with E-state index >= 15 is 0 Å². The molecule has 0 aliphatic heterocycles. The van der Waals surface area contributed by atoms with Gasteiger partial charge in [0.1, 0.15) is 0 Å². The van der Waals surface area contributed by atoms with Gasteiger partial charge in [0.15, 0.2) is 17.5 Å². The van der Waals surface area contributed by atoms with Gasteiger partial charge in [0, 0.05) is 47.6 Å². The molecule has 0 amide bonds. The van der Waals surface area contributed by atoms with Crippen LogP contribution in [0.5, 0.6) is 0 Å². The van der Waals surface area contributed by atoms with Crippen LogP contribution in [0.15, 0.2) is 182 Å². The number of para-hydroxylation sites is 1. The number of alkyl halides is 6. The molecule has 11 heteroatoms. The third-order valence-electron chi connectivity index (χ3n) is 11.5. The minimum absolute atomic E-state index is 0.147. The Bertz CT molecular complexity index is 3500. The molecule has 0 bridgehead atoms. The second-order valence-corrected chi connectivity index (χ2v) is 16.5. The van der Waals surface area contributed by atoms with Gasteiger partial charge in [-0.2, -0.15) is 26.3 Å². The molecule has 0 fully saturated rings. The SMILES string of the molecule is FC(F)(F)c1cc(-c2ccc3c(c2)c2ccccc2n3-c2ccc(-c3cccc4sc5ccccc5c34)cc2-c2nc(-c3ccccc3)nc(-c3ccccc3)n2)cc(C(F)(F)F)c1. The Morgan fingerprint density at radius 1 is 0.375 bits per heavy atom. The number of halogens is 6. The Balaban J connectivity index is 1.19. The van der Waals surface area contributed by atoms with Crippen LogP contribution in [0.25, 0.3) is 104 Å². The summed E-state index contributed by atoms with van der Waals surface area (Å²) in [4.78, 5) is 15.3. The predicted molar refractivity (Wildman–Crippen MR) is 244 cm³/mol. The average molecular weight is 869 g/mol. The highest BCUT2D eigenvalue weighted by Crippen LogP contribution is 2.44. The third-order valence-corrected chi connectivity index (χ3v) is 12.6. The summed E-state index contributed by atoms with van der Waals surface area (Å²) in [5.41, 5.74) is 3.59. The lowest BCUT2D eigenvalue weighted by Gasteiger charge is -2.17. The molecule has 8 aromatic carbocycles. The summed E-state index contributed by atoms with van der Waals surface area (Å²) in [6.07, 6.45) is -9.98. The topological polar surface area (TPSA) is 43.6 Å². The highest BCUT2D eigenvalue weighted by molar-refractivity contribution is 7.25. The van der Waals surface area contributed by atoms with Crippen LogP contribution in [-0.4, -0.2) is 19.5 Å². The standard InChI is InChI=1S/C53H30F6N4S/c54-52(55,56)36-26-35(27-37(30-36)53(57,58)59)33-22-24-44-41(28-33)39-16-7-9-19-43(39)63(44)45-25-23-34(38-18-11-21-47-48(38)40-17-8-10-20-46(40)64-47)29-42(45)51-61-49(31-12-3-1-4-13-31)60-50(62-51)32-14-5-2-6-15-32/h1-30H. The molecule has 64 heavy (non-hydrogen) atoms. The van der Waals surface area contributed by atoms with Gasteiger partial charge in [-0.15, -0.1) is 11.3 Å². The summed E-state index contributed by atoms with van der Waals surface area (Å²) in [6, 6.07) is 54.3. The zero-order valence-electron chi connectivity index (χ0n) is 33.3. The van der Waals surface area contributed by atoms with Crippen LogP contribution in [-0.2, 0) is 12.4 Å². The molecule has 11 rings (SSSR count). The second kappa shape index (κ2) is 15.0. The van der Waals surface area contributed by atoms with Crippen LogP contribution in [0.1, 0.15) is 11.1 Å². The molecule has 11 aromatic rings. The van der Waals surface area contributed by atoms with E-state index in [0.29, 0.717) is 39.6 Å². The molecule has 0 radical (unpaired) electrons.